The van der Waals surface area contributed by atoms with Gasteiger partial charge >= 0.3 is 0 Å². The van der Waals surface area contributed by atoms with E-state index in [1.165, 1.54) is 0 Å². The standard InChI is InChI=1S/C25H28ClN3O3/c1-31-17-7-16-29(24(30)20-10-12-21(26)13-11-20)18-22-23(19-8-3-2-4-9-19)27-32-25(22)28-14-5-6-15-28/h2-4,8-13H,5-7,14-18H2,1H3. The van der Waals surface area contributed by atoms with Gasteiger partial charge in [0.1, 0.15) is 5.69 Å². The van der Waals surface area contributed by atoms with Crippen molar-refractivity contribution in [2.75, 3.05) is 38.3 Å². The Labute approximate surface area is 193 Å². The zero-order valence-corrected chi connectivity index (χ0v) is 19.1. The summed E-state index contributed by atoms with van der Waals surface area (Å²) in [6.07, 6.45) is 2.99. The second-order valence-electron chi connectivity index (χ2n) is 7.96. The Morgan fingerprint density at radius 1 is 1.12 bits per heavy atom. The first-order valence-electron chi connectivity index (χ1n) is 11.0. The quantitative estimate of drug-likeness (QED) is 0.413. The van der Waals surface area contributed by atoms with E-state index in [2.05, 4.69) is 10.1 Å². The van der Waals surface area contributed by atoms with Gasteiger partial charge in [-0.3, -0.25) is 4.79 Å². The van der Waals surface area contributed by atoms with Crippen molar-refractivity contribution < 1.29 is 14.1 Å². The molecular weight excluding hydrogens is 426 g/mol. The number of nitrogens with zero attached hydrogens (tertiary/aromatic N) is 3. The van der Waals surface area contributed by atoms with E-state index in [1.807, 2.05) is 35.2 Å². The number of hydrogen-bond donors (Lipinski definition) is 0. The van der Waals surface area contributed by atoms with Crippen LogP contribution in [0, 0.1) is 0 Å². The summed E-state index contributed by atoms with van der Waals surface area (Å²) in [6, 6.07) is 17.0. The van der Waals surface area contributed by atoms with E-state index >= 15 is 0 Å². The Balaban J connectivity index is 1.68. The average Bonchev–Trinajstić information content (AvgIpc) is 3.49. The van der Waals surface area contributed by atoms with Crippen LogP contribution in [0.15, 0.2) is 59.1 Å². The van der Waals surface area contributed by atoms with Crippen LogP contribution in [0.3, 0.4) is 0 Å². The Kier molecular flexibility index (Phi) is 7.45. The highest BCUT2D eigenvalue weighted by molar-refractivity contribution is 6.30. The Hall–Kier alpha value is -2.83. The number of hydrogen-bond acceptors (Lipinski definition) is 5. The molecule has 0 atom stereocenters. The van der Waals surface area contributed by atoms with Gasteiger partial charge in [-0.25, -0.2) is 0 Å². The van der Waals surface area contributed by atoms with Crippen LogP contribution in [0.5, 0.6) is 0 Å². The van der Waals surface area contributed by atoms with Crippen molar-refractivity contribution in [3.05, 3.63) is 70.7 Å². The van der Waals surface area contributed by atoms with Crippen LogP contribution in [0.1, 0.15) is 35.2 Å². The summed E-state index contributed by atoms with van der Waals surface area (Å²) in [7, 11) is 1.67. The molecule has 1 fully saturated rings. The van der Waals surface area contributed by atoms with Crippen molar-refractivity contribution in [2.45, 2.75) is 25.8 Å². The molecule has 2 heterocycles. The molecule has 1 saturated heterocycles. The number of amides is 1. The van der Waals surface area contributed by atoms with Crippen molar-refractivity contribution in [1.29, 1.82) is 0 Å². The number of halogens is 1. The van der Waals surface area contributed by atoms with Gasteiger partial charge in [0.2, 0.25) is 5.88 Å². The van der Waals surface area contributed by atoms with Crippen LogP contribution in [0.25, 0.3) is 11.3 Å². The van der Waals surface area contributed by atoms with Gasteiger partial charge in [-0.05, 0) is 43.5 Å². The molecule has 0 radical (unpaired) electrons. The Morgan fingerprint density at radius 2 is 1.84 bits per heavy atom. The zero-order chi connectivity index (χ0) is 22.3. The minimum Gasteiger partial charge on any atom is -0.385 e. The molecule has 1 aliphatic heterocycles. The average molecular weight is 454 g/mol. The maximum Gasteiger partial charge on any atom is 0.254 e. The molecule has 0 unspecified atom stereocenters. The fourth-order valence-corrected chi connectivity index (χ4v) is 4.18. The molecule has 1 aliphatic rings. The molecule has 168 valence electrons. The number of methoxy groups -OCH3 is 1. The van der Waals surface area contributed by atoms with Crippen molar-refractivity contribution in [3.63, 3.8) is 0 Å². The molecule has 7 heteroatoms. The number of benzene rings is 2. The highest BCUT2D eigenvalue weighted by Crippen LogP contribution is 2.34. The molecule has 4 rings (SSSR count). The van der Waals surface area contributed by atoms with E-state index in [4.69, 9.17) is 20.9 Å². The number of aromatic nitrogens is 1. The molecule has 32 heavy (non-hydrogen) atoms. The van der Waals surface area contributed by atoms with E-state index in [9.17, 15) is 4.79 Å². The predicted octanol–water partition coefficient (Wildman–Crippen LogP) is 5.27. The SMILES string of the molecule is COCCCN(Cc1c(-c2ccccc2)noc1N1CCCC1)C(=O)c1ccc(Cl)cc1. The second kappa shape index (κ2) is 10.7. The van der Waals surface area contributed by atoms with Crippen LogP contribution in [-0.4, -0.2) is 49.3 Å². The van der Waals surface area contributed by atoms with Crippen LogP contribution < -0.4 is 4.90 Å². The van der Waals surface area contributed by atoms with Crippen molar-refractivity contribution in [2.24, 2.45) is 0 Å². The largest absolute Gasteiger partial charge is 0.385 e. The lowest BCUT2D eigenvalue weighted by atomic mass is 10.1. The number of ether oxygens (including phenoxy) is 1. The van der Waals surface area contributed by atoms with Crippen LogP contribution in [0.2, 0.25) is 5.02 Å². The molecule has 1 amide bonds. The summed E-state index contributed by atoms with van der Waals surface area (Å²) in [5.41, 5.74) is 3.31. The summed E-state index contributed by atoms with van der Waals surface area (Å²) in [5.74, 6) is 0.715. The van der Waals surface area contributed by atoms with Gasteiger partial charge in [0.15, 0.2) is 0 Å². The fourth-order valence-electron chi connectivity index (χ4n) is 4.05. The van der Waals surface area contributed by atoms with Gasteiger partial charge < -0.3 is 19.1 Å². The minimum atomic E-state index is -0.0506. The first kappa shape index (κ1) is 22.4. The summed E-state index contributed by atoms with van der Waals surface area (Å²) >= 11 is 6.03. The van der Waals surface area contributed by atoms with E-state index in [1.54, 1.807) is 31.4 Å². The molecule has 6 nitrogen and oxygen atoms in total. The van der Waals surface area contributed by atoms with Gasteiger partial charge in [-0.15, -0.1) is 0 Å². The second-order valence-corrected chi connectivity index (χ2v) is 8.39. The Morgan fingerprint density at radius 3 is 2.53 bits per heavy atom. The van der Waals surface area contributed by atoms with Crippen molar-refractivity contribution in [1.82, 2.24) is 10.1 Å². The number of carbonyl (C=O) groups is 1. The number of anilines is 1. The molecule has 3 aromatic rings. The fraction of sp³-hybridized carbons (Fsp3) is 0.360. The summed E-state index contributed by atoms with van der Waals surface area (Å²) < 4.78 is 11.1. The van der Waals surface area contributed by atoms with Gasteiger partial charge in [-0.2, -0.15) is 0 Å². The van der Waals surface area contributed by atoms with Crippen LogP contribution >= 0.6 is 11.6 Å². The molecule has 0 aliphatic carbocycles. The van der Waals surface area contributed by atoms with Gasteiger partial charge in [0.25, 0.3) is 5.91 Å². The smallest absolute Gasteiger partial charge is 0.254 e. The van der Waals surface area contributed by atoms with E-state index < -0.39 is 0 Å². The lowest BCUT2D eigenvalue weighted by Gasteiger charge is -2.24. The first-order valence-corrected chi connectivity index (χ1v) is 11.4. The van der Waals surface area contributed by atoms with E-state index in [-0.39, 0.29) is 5.91 Å². The maximum absolute atomic E-state index is 13.4. The maximum atomic E-state index is 13.4. The summed E-state index contributed by atoms with van der Waals surface area (Å²) in [4.78, 5) is 17.5. The topological polar surface area (TPSA) is 58.8 Å². The minimum absolute atomic E-state index is 0.0506. The Bertz CT molecular complexity index is 1010. The molecule has 0 N–H and O–H groups in total. The normalized spacial score (nSPS) is 13.5. The highest BCUT2D eigenvalue weighted by Gasteiger charge is 2.27. The molecule has 0 spiro atoms. The molecule has 0 bridgehead atoms. The lowest BCUT2D eigenvalue weighted by Crippen LogP contribution is -2.33. The van der Waals surface area contributed by atoms with Gasteiger partial charge in [0, 0.05) is 49.5 Å². The summed E-state index contributed by atoms with van der Waals surface area (Å²) in [6.45, 7) is 3.42. The highest BCUT2D eigenvalue weighted by atomic mass is 35.5. The van der Waals surface area contributed by atoms with Crippen molar-refractivity contribution in [3.8, 4) is 11.3 Å². The van der Waals surface area contributed by atoms with Gasteiger partial charge in [0.05, 0.1) is 12.1 Å². The summed E-state index contributed by atoms with van der Waals surface area (Å²) in [5, 5.41) is 5.03. The van der Waals surface area contributed by atoms with Crippen LogP contribution in [-0.2, 0) is 11.3 Å². The van der Waals surface area contributed by atoms with E-state index in [0.717, 1.165) is 55.1 Å². The van der Waals surface area contributed by atoms with E-state index in [0.29, 0.717) is 30.3 Å². The first-order chi connectivity index (χ1) is 15.7. The van der Waals surface area contributed by atoms with Crippen molar-refractivity contribution >= 4 is 23.4 Å². The number of rotatable bonds is 9. The van der Waals surface area contributed by atoms with Crippen LogP contribution in [0.4, 0.5) is 5.88 Å². The monoisotopic (exact) mass is 453 g/mol. The number of carbonyl (C=O) groups excluding carboxylic acids is 1. The molecular formula is C25H28ClN3O3. The molecule has 2 aromatic carbocycles. The molecule has 1 aromatic heterocycles. The lowest BCUT2D eigenvalue weighted by molar-refractivity contribution is 0.0724. The predicted molar refractivity (Wildman–Crippen MR) is 126 cm³/mol. The van der Waals surface area contributed by atoms with Gasteiger partial charge in [-0.1, -0.05) is 47.1 Å². The third-order valence-corrected chi connectivity index (χ3v) is 5.96. The zero-order valence-electron chi connectivity index (χ0n) is 18.3. The third kappa shape index (κ3) is 5.14. The molecule has 0 saturated carbocycles. The third-order valence-electron chi connectivity index (χ3n) is 5.71.